The highest BCUT2D eigenvalue weighted by Crippen LogP contribution is 2.54. The SMILES string of the molecule is CCc1ccc(-c2cc(Cl)sc2Cl)cc1C1=C(O)[C@H]2C3CCC(O3)[C@H]2C1=O. The van der Waals surface area contributed by atoms with E-state index in [0.29, 0.717) is 14.2 Å². The molecule has 2 aliphatic heterocycles. The standard InChI is InChI=1S/C21H18Cl2O3S/c1-2-9-3-4-10(12-8-15(22)27-21(12)23)7-11(9)16-19(24)17-13-5-6-14(26-13)18(17)20(16)25/h3-4,7-8,13-14,17-18,24H,2,5-6H2,1H3/t13?,14?,17-,18+/m0/s1. The lowest BCUT2D eigenvalue weighted by Gasteiger charge is -2.19. The number of aliphatic hydroxyl groups excluding tert-OH is 1. The Morgan fingerprint density at radius 2 is 1.89 bits per heavy atom. The summed E-state index contributed by atoms with van der Waals surface area (Å²) in [5.74, 6) is -0.186. The Hall–Kier alpha value is -1.33. The van der Waals surface area contributed by atoms with E-state index in [1.165, 1.54) is 11.3 Å². The highest BCUT2D eigenvalue weighted by molar-refractivity contribution is 7.20. The van der Waals surface area contributed by atoms with Gasteiger partial charge >= 0.3 is 0 Å². The molecule has 2 bridgehead atoms. The summed E-state index contributed by atoms with van der Waals surface area (Å²) in [4.78, 5) is 13.2. The van der Waals surface area contributed by atoms with Gasteiger partial charge in [-0.15, -0.1) is 11.3 Å². The van der Waals surface area contributed by atoms with Gasteiger partial charge in [0.15, 0.2) is 5.78 Å². The molecule has 0 saturated carbocycles. The van der Waals surface area contributed by atoms with Crippen LogP contribution in [-0.2, 0) is 16.0 Å². The fourth-order valence-corrected chi connectivity index (χ4v) is 6.42. The number of carbonyl (C=O) groups excluding carboxylic acids is 1. The van der Waals surface area contributed by atoms with Gasteiger partial charge in [-0.25, -0.2) is 0 Å². The van der Waals surface area contributed by atoms with Gasteiger partial charge in [-0.2, -0.15) is 0 Å². The second-order valence-corrected chi connectivity index (χ2v) is 9.72. The average Bonchev–Trinajstić information content (AvgIpc) is 3.39. The molecule has 1 aliphatic carbocycles. The van der Waals surface area contributed by atoms with Crippen molar-refractivity contribution in [2.75, 3.05) is 0 Å². The Kier molecular flexibility index (Phi) is 4.17. The molecule has 3 heterocycles. The summed E-state index contributed by atoms with van der Waals surface area (Å²) < 4.78 is 7.13. The van der Waals surface area contributed by atoms with Gasteiger partial charge in [-0.1, -0.05) is 42.3 Å². The Morgan fingerprint density at radius 3 is 2.52 bits per heavy atom. The Balaban J connectivity index is 1.65. The number of rotatable bonds is 3. The van der Waals surface area contributed by atoms with Gasteiger partial charge in [0.2, 0.25) is 0 Å². The van der Waals surface area contributed by atoms with Gasteiger partial charge < -0.3 is 9.84 Å². The highest BCUT2D eigenvalue weighted by Gasteiger charge is 2.59. The third-order valence-electron chi connectivity index (χ3n) is 6.12. The van der Waals surface area contributed by atoms with Gasteiger partial charge in [0.05, 0.1) is 34.0 Å². The predicted molar refractivity (Wildman–Crippen MR) is 109 cm³/mol. The molecule has 6 heteroatoms. The summed E-state index contributed by atoms with van der Waals surface area (Å²) >= 11 is 13.8. The minimum Gasteiger partial charge on any atom is -0.511 e. The number of ether oxygens (including phenoxy) is 1. The first-order chi connectivity index (χ1) is 13.0. The summed E-state index contributed by atoms with van der Waals surface area (Å²) in [6.07, 6.45) is 2.52. The molecule has 1 aromatic carbocycles. The monoisotopic (exact) mass is 420 g/mol. The minimum atomic E-state index is -0.230. The topological polar surface area (TPSA) is 46.5 Å². The quantitative estimate of drug-likeness (QED) is 0.668. The Labute approximate surface area is 171 Å². The zero-order valence-electron chi connectivity index (χ0n) is 14.7. The van der Waals surface area contributed by atoms with Crippen molar-refractivity contribution < 1.29 is 14.6 Å². The Bertz CT molecular complexity index is 993. The zero-order chi connectivity index (χ0) is 18.9. The van der Waals surface area contributed by atoms with Gasteiger partial charge in [-0.3, -0.25) is 4.79 Å². The van der Waals surface area contributed by atoms with Crippen LogP contribution in [0.1, 0.15) is 30.9 Å². The molecule has 140 valence electrons. The third kappa shape index (κ3) is 2.54. The van der Waals surface area contributed by atoms with E-state index in [9.17, 15) is 9.90 Å². The van der Waals surface area contributed by atoms with E-state index in [2.05, 4.69) is 6.92 Å². The number of benzene rings is 1. The van der Waals surface area contributed by atoms with Crippen LogP contribution >= 0.6 is 34.5 Å². The Morgan fingerprint density at radius 1 is 1.15 bits per heavy atom. The lowest BCUT2D eigenvalue weighted by Crippen LogP contribution is -2.29. The van der Waals surface area contributed by atoms with Crippen molar-refractivity contribution in [3.05, 3.63) is 49.8 Å². The molecular weight excluding hydrogens is 403 g/mol. The van der Waals surface area contributed by atoms with E-state index in [0.717, 1.165) is 41.5 Å². The largest absolute Gasteiger partial charge is 0.511 e. The maximum absolute atomic E-state index is 13.2. The molecule has 0 amide bonds. The first-order valence-corrected chi connectivity index (χ1v) is 10.8. The molecule has 5 rings (SSSR count). The summed E-state index contributed by atoms with van der Waals surface area (Å²) in [6, 6.07) is 7.82. The molecular formula is C21H18Cl2O3S. The van der Waals surface area contributed by atoms with E-state index in [1.807, 2.05) is 24.3 Å². The number of Topliss-reactive ketones (excluding diaryl/α,β-unsaturated/α-hetero) is 1. The van der Waals surface area contributed by atoms with Gasteiger partial charge in [-0.05, 0) is 48.1 Å². The molecule has 1 N–H and O–H groups in total. The average molecular weight is 421 g/mol. The summed E-state index contributed by atoms with van der Waals surface area (Å²) in [5, 5.41) is 11.0. The first kappa shape index (κ1) is 17.7. The summed E-state index contributed by atoms with van der Waals surface area (Å²) in [7, 11) is 0. The predicted octanol–water partition coefficient (Wildman–Crippen LogP) is 5.93. The minimum absolute atomic E-state index is 0.0194. The van der Waals surface area contributed by atoms with Crippen LogP contribution in [0.4, 0.5) is 0 Å². The maximum Gasteiger partial charge on any atom is 0.173 e. The number of aliphatic hydroxyl groups is 1. The van der Waals surface area contributed by atoms with Crippen molar-refractivity contribution in [3.63, 3.8) is 0 Å². The smallest absolute Gasteiger partial charge is 0.173 e. The maximum atomic E-state index is 13.2. The molecule has 1 aromatic heterocycles. The fraction of sp³-hybridized carbons (Fsp3) is 0.381. The van der Waals surface area contributed by atoms with E-state index < -0.39 is 0 Å². The molecule has 0 radical (unpaired) electrons. The van der Waals surface area contributed by atoms with Crippen LogP contribution in [0.5, 0.6) is 0 Å². The first-order valence-electron chi connectivity index (χ1n) is 9.21. The number of hydrogen-bond donors (Lipinski definition) is 1. The number of halogens is 2. The normalized spacial score (nSPS) is 29.1. The van der Waals surface area contributed by atoms with Crippen LogP contribution in [0, 0.1) is 11.8 Å². The lowest BCUT2D eigenvalue weighted by atomic mass is 9.80. The summed E-state index contributed by atoms with van der Waals surface area (Å²) in [6.45, 7) is 2.05. The third-order valence-corrected chi connectivity index (χ3v) is 7.61. The van der Waals surface area contributed by atoms with Crippen molar-refractivity contribution >= 4 is 45.9 Å². The van der Waals surface area contributed by atoms with Crippen molar-refractivity contribution in [1.82, 2.24) is 0 Å². The van der Waals surface area contributed by atoms with Crippen LogP contribution in [-0.4, -0.2) is 23.1 Å². The van der Waals surface area contributed by atoms with Crippen molar-refractivity contribution in [2.45, 2.75) is 38.4 Å². The van der Waals surface area contributed by atoms with Gasteiger partial charge in [0.1, 0.15) is 10.1 Å². The number of allylic oxidation sites excluding steroid dienone is 1. The van der Waals surface area contributed by atoms with Crippen LogP contribution < -0.4 is 0 Å². The van der Waals surface area contributed by atoms with Gasteiger partial charge in [0, 0.05) is 5.56 Å². The molecule has 4 atom stereocenters. The van der Waals surface area contributed by atoms with Crippen molar-refractivity contribution in [1.29, 1.82) is 0 Å². The number of ketones is 1. The number of hydrogen-bond acceptors (Lipinski definition) is 4. The van der Waals surface area contributed by atoms with E-state index >= 15 is 0 Å². The summed E-state index contributed by atoms with van der Waals surface area (Å²) in [5.41, 5.74) is 4.08. The van der Waals surface area contributed by atoms with E-state index in [4.69, 9.17) is 27.9 Å². The van der Waals surface area contributed by atoms with Crippen LogP contribution in [0.3, 0.4) is 0 Å². The van der Waals surface area contributed by atoms with Gasteiger partial charge in [0.25, 0.3) is 0 Å². The molecule has 3 nitrogen and oxygen atoms in total. The highest BCUT2D eigenvalue weighted by atomic mass is 35.5. The molecule has 2 unspecified atom stereocenters. The number of fused-ring (bicyclic) bond motifs is 5. The van der Waals surface area contributed by atoms with Crippen LogP contribution in [0.2, 0.25) is 8.67 Å². The molecule has 0 spiro atoms. The molecule has 2 aromatic rings. The van der Waals surface area contributed by atoms with Crippen LogP contribution in [0.15, 0.2) is 30.0 Å². The molecule has 2 fully saturated rings. The fourth-order valence-electron chi connectivity index (χ4n) is 4.91. The lowest BCUT2D eigenvalue weighted by molar-refractivity contribution is -0.118. The van der Waals surface area contributed by atoms with E-state index in [1.54, 1.807) is 0 Å². The number of carbonyl (C=O) groups is 1. The van der Waals surface area contributed by atoms with E-state index in [-0.39, 0.29) is 35.6 Å². The molecule has 3 aliphatic rings. The molecule has 2 saturated heterocycles. The van der Waals surface area contributed by atoms with Crippen molar-refractivity contribution in [2.24, 2.45) is 11.8 Å². The van der Waals surface area contributed by atoms with Crippen LogP contribution in [0.25, 0.3) is 16.7 Å². The number of thiophene rings is 1. The molecule has 27 heavy (non-hydrogen) atoms. The number of aryl methyl sites for hydroxylation is 1. The zero-order valence-corrected chi connectivity index (χ0v) is 17.0. The second-order valence-electron chi connectivity index (χ2n) is 7.43. The van der Waals surface area contributed by atoms with Crippen molar-refractivity contribution in [3.8, 4) is 11.1 Å². The second kappa shape index (κ2) is 6.35.